The number of aliphatic hydroxyl groups is 2. The molecule has 72 valence electrons. The summed E-state index contributed by atoms with van der Waals surface area (Å²) in [6.45, 7) is 3.74. The summed E-state index contributed by atoms with van der Waals surface area (Å²) in [6.07, 6.45) is 1.12. The first kappa shape index (κ1) is 9.92. The Bertz CT molecular complexity index is 110. The minimum Gasteiger partial charge on any atom is -0.395 e. The fourth-order valence-corrected chi connectivity index (χ4v) is 1.68. The van der Waals surface area contributed by atoms with Gasteiger partial charge in [-0.1, -0.05) is 0 Å². The molecular weight excluding hydrogens is 156 g/mol. The third-order valence-corrected chi connectivity index (χ3v) is 2.33. The van der Waals surface area contributed by atoms with Crippen molar-refractivity contribution in [3.8, 4) is 0 Å². The molecule has 0 bridgehead atoms. The highest BCUT2D eigenvalue weighted by atomic mass is 16.3. The van der Waals surface area contributed by atoms with Gasteiger partial charge < -0.3 is 15.5 Å². The van der Waals surface area contributed by atoms with E-state index in [4.69, 9.17) is 10.2 Å². The van der Waals surface area contributed by atoms with E-state index in [-0.39, 0.29) is 13.2 Å². The van der Waals surface area contributed by atoms with E-state index in [9.17, 15) is 0 Å². The predicted octanol–water partition coefficient (Wildman–Crippen LogP) is -1.37. The van der Waals surface area contributed by atoms with E-state index in [0.717, 1.165) is 19.5 Å². The maximum atomic E-state index is 8.78. The Labute approximate surface area is 73.2 Å². The number of nitrogens with one attached hydrogen (secondary N) is 1. The van der Waals surface area contributed by atoms with E-state index in [0.29, 0.717) is 19.1 Å². The molecule has 1 saturated heterocycles. The molecule has 0 aliphatic carbocycles. The van der Waals surface area contributed by atoms with Gasteiger partial charge in [0.15, 0.2) is 0 Å². The highest BCUT2D eigenvalue weighted by molar-refractivity contribution is 4.80. The van der Waals surface area contributed by atoms with Crippen molar-refractivity contribution in [2.75, 3.05) is 39.4 Å². The molecule has 0 aromatic rings. The first-order chi connectivity index (χ1) is 5.88. The highest BCUT2D eigenvalue weighted by Crippen LogP contribution is 2.06. The van der Waals surface area contributed by atoms with Crippen LogP contribution in [-0.2, 0) is 0 Å². The molecule has 1 aliphatic rings. The summed E-state index contributed by atoms with van der Waals surface area (Å²) in [4.78, 5) is 2.14. The SMILES string of the molecule is OCCN(CCO)C1CCNC1. The standard InChI is InChI=1S/C8H18N2O2/c11-5-3-10(4-6-12)8-1-2-9-7-8/h8-9,11-12H,1-7H2. The van der Waals surface area contributed by atoms with Crippen LogP contribution in [0.1, 0.15) is 6.42 Å². The molecule has 0 saturated carbocycles. The molecule has 0 spiro atoms. The van der Waals surface area contributed by atoms with Gasteiger partial charge in [0.2, 0.25) is 0 Å². The fourth-order valence-electron chi connectivity index (χ4n) is 1.68. The number of rotatable bonds is 5. The molecule has 0 aromatic carbocycles. The molecule has 1 fully saturated rings. The van der Waals surface area contributed by atoms with Crippen LogP contribution in [0.4, 0.5) is 0 Å². The molecule has 1 heterocycles. The Hall–Kier alpha value is -0.160. The zero-order chi connectivity index (χ0) is 8.81. The van der Waals surface area contributed by atoms with Crippen LogP contribution in [0.5, 0.6) is 0 Å². The number of hydrogen-bond acceptors (Lipinski definition) is 4. The number of hydrogen-bond donors (Lipinski definition) is 3. The Morgan fingerprint density at radius 2 is 1.92 bits per heavy atom. The van der Waals surface area contributed by atoms with E-state index in [1.54, 1.807) is 0 Å². The highest BCUT2D eigenvalue weighted by Gasteiger charge is 2.20. The molecule has 1 atom stereocenters. The second kappa shape index (κ2) is 5.48. The monoisotopic (exact) mass is 174 g/mol. The second-order valence-electron chi connectivity index (χ2n) is 3.13. The normalized spacial score (nSPS) is 23.8. The Morgan fingerprint density at radius 1 is 1.25 bits per heavy atom. The molecule has 1 unspecified atom stereocenters. The van der Waals surface area contributed by atoms with E-state index in [1.807, 2.05) is 0 Å². The Balaban J connectivity index is 2.29. The third-order valence-electron chi connectivity index (χ3n) is 2.33. The average Bonchev–Trinajstić information content (AvgIpc) is 2.56. The molecule has 1 rings (SSSR count). The molecule has 0 amide bonds. The molecule has 4 nitrogen and oxygen atoms in total. The van der Waals surface area contributed by atoms with Crippen LogP contribution >= 0.6 is 0 Å². The number of aliphatic hydroxyl groups excluding tert-OH is 2. The average molecular weight is 174 g/mol. The molecular formula is C8H18N2O2. The first-order valence-corrected chi connectivity index (χ1v) is 4.55. The number of nitrogens with zero attached hydrogens (tertiary/aromatic N) is 1. The predicted molar refractivity (Wildman–Crippen MR) is 47.0 cm³/mol. The molecule has 1 aliphatic heterocycles. The lowest BCUT2D eigenvalue weighted by molar-refractivity contribution is 0.128. The summed E-state index contributed by atoms with van der Waals surface area (Å²) < 4.78 is 0. The van der Waals surface area contributed by atoms with E-state index in [2.05, 4.69) is 10.2 Å². The minimum atomic E-state index is 0.177. The topological polar surface area (TPSA) is 55.7 Å². The summed E-state index contributed by atoms with van der Waals surface area (Å²) in [5.41, 5.74) is 0. The summed E-state index contributed by atoms with van der Waals surface area (Å²) in [6, 6.07) is 0.504. The van der Waals surface area contributed by atoms with Gasteiger partial charge in [0.05, 0.1) is 13.2 Å². The lowest BCUT2D eigenvalue weighted by Gasteiger charge is -2.26. The third kappa shape index (κ3) is 2.71. The minimum absolute atomic E-state index is 0.177. The maximum absolute atomic E-state index is 8.78. The van der Waals surface area contributed by atoms with Crippen molar-refractivity contribution in [1.29, 1.82) is 0 Å². The van der Waals surface area contributed by atoms with Gasteiger partial charge in [-0.25, -0.2) is 0 Å². The van der Waals surface area contributed by atoms with Gasteiger partial charge in [-0.15, -0.1) is 0 Å². The molecule has 12 heavy (non-hydrogen) atoms. The molecule has 0 radical (unpaired) electrons. The van der Waals surface area contributed by atoms with Gasteiger partial charge in [0.25, 0.3) is 0 Å². The zero-order valence-electron chi connectivity index (χ0n) is 7.37. The smallest absolute Gasteiger partial charge is 0.0558 e. The summed E-state index contributed by atoms with van der Waals surface area (Å²) in [7, 11) is 0. The summed E-state index contributed by atoms with van der Waals surface area (Å²) in [5.74, 6) is 0. The Kier molecular flexibility index (Phi) is 4.53. The Morgan fingerprint density at radius 3 is 2.33 bits per heavy atom. The zero-order valence-corrected chi connectivity index (χ0v) is 7.37. The van der Waals surface area contributed by atoms with Crippen LogP contribution in [-0.4, -0.2) is 60.5 Å². The van der Waals surface area contributed by atoms with Crippen molar-refractivity contribution in [2.24, 2.45) is 0 Å². The lowest BCUT2D eigenvalue weighted by Crippen LogP contribution is -2.40. The van der Waals surface area contributed by atoms with Crippen LogP contribution in [0.3, 0.4) is 0 Å². The largest absolute Gasteiger partial charge is 0.395 e. The van der Waals surface area contributed by atoms with Gasteiger partial charge in [-0.2, -0.15) is 0 Å². The van der Waals surface area contributed by atoms with Gasteiger partial charge in [-0.3, -0.25) is 4.90 Å². The molecule has 3 N–H and O–H groups in total. The van der Waals surface area contributed by atoms with Crippen molar-refractivity contribution < 1.29 is 10.2 Å². The van der Waals surface area contributed by atoms with Crippen molar-refractivity contribution in [3.63, 3.8) is 0 Å². The van der Waals surface area contributed by atoms with Crippen LogP contribution in [0.25, 0.3) is 0 Å². The van der Waals surface area contributed by atoms with Crippen molar-refractivity contribution >= 4 is 0 Å². The van der Waals surface area contributed by atoms with Gasteiger partial charge >= 0.3 is 0 Å². The first-order valence-electron chi connectivity index (χ1n) is 4.55. The van der Waals surface area contributed by atoms with Crippen LogP contribution in [0.2, 0.25) is 0 Å². The maximum Gasteiger partial charge on any atom is 0.0558 e. The van der Waals surface area contributed by atoms with Gasteiger partial charge in [-0.05, 0) is 13.0 Å². The second-order valence-corrected chi connectivity index (χ2v) is 3.13. The fraction of sp³-hybridized carbons (Fsp3) is 1.00. The molecule has 0 aromatic heterocycles. The quantitative estimate of drug-likeness (QED) is 0.481. The van der Waals surface area contributed by atoms with Crippen molar-refractivity contribution in [2.45, 2.75) is 12.5 Å². The van der Waals surface area contributed by atoms with E-state index >= 15 is 0 Å². The van der Waals surface area contributed by atoms with Crippen LogP contribution in [0.15, 0.2) is 0 Å². The van der Waals surface area contributed by atoms with Gasteiger partial charge in [0, 0.05) is 25.7 Å². The summed E-state index contributed by atoms with van der Waals surface area (Å²) in [5, 5.41) is 20.8. The lowest BCUT2D eigenvalue weighted by atomic mass is 10.2. The van der Waals surface area contributed by atoms with Crippen LogP contribution in [0, 0.1) is 0 Å². The van der Waals surface area contributed by atoms with Gasteiger partial charge in [0.1, 0.15) is 0 Å². The van der Waals surface area contributed by atoms with Crippen LogP contribution < -0.4 is 5.32 Å². The van der Waals surface area contributed by atoms with E-state index < -0.39 is 0 Å². The van der Waals surface area contributed by atoms with E-state index in [1.165, 1.54) is 0 Å². The summed E-state index contributed by atoms with van der Waals surface area (Å²) >= 11 is 0. The van der Waals surface area contributed by atoms with Crippen molar-refractivity contribution in [1.82, 2.24) is 10.2 Å². The molecule has 4 heteroatoms. The van der Waals surface area contributed by atoms with Crippen molar-refractivity contribution in [3.05, 3.63) is 0 Å².